The quantitative estimate of drug-likeness (QED) is 0.668. The highest BCUT2D eigenvalue weighted by Crippen LogP contribution is 2.09. The Morgan fingerprint density at radius 1 is 1.67 bits per heavy atom. The van der Waals surface area contributed by atoms with Crippen LogP contribution in [-0.4, -0.2) is 34.6 Å². The molecule has 0 aromatic carbocycles. The molecule has 0 saturated carbocycles. The molecular weight excluding hydrogens is 218 g/mol. The number of nitrogens with zero attached hydrogens (tertiary/aromatic N) is 1. The highest BCUT2D eigenvalue weighted by Gasteiger charge is 2.11. The third kappa shape index (κ3) is 4.05. The minimum atomic E-state index is -0.989. The van der Waals surface area contributed by atoms with Crippen LogP contribution in [0.5, 0.6) is 0 Å². The van der Waals surface area contributed by atoms with Crippen molar-refractivity contribution in [1.29, 1.82) is 0 Å². The van der Waals surface area contributed by atoms with Crippen molar-refractivity contribution in [3.8, 4) is 0 Å². The van der Waals surface area contributed by atoms with Crippen molar-refractivity contribution in [1.82, 2.24) is 10.3 Å². The summed E-state index contributed by atoms with van der Waals surface area (Å²) >= 11 is 1.30. The van der Waals surface area contributed by atoms with E-state index in [-0.39, 0.29) is 12.5 Å². The average molecular weight is 229 g/mol. The Balaban J connectivity index is 2.28. The molecule has 1 atom stereocenters. The van der Waals surface area contributed by atoms with Gasteiger partial charge >= 0.3 is 5.97 Å². The van der Waals surface area contributed by atoms with Crippen LogP contribution >= 0.6 is 11.3 Å². The maximum atomic E-state index is 11.2. The van der Waals surface area contributed by atoms with E-state index in [0.717, 1.165) is 0 Å². The molecule has 0 spiro atoms. The van der Waals surface area contributed by atoms with Crippen LogP contribution in [0, 0.1) is 0 Å². The minimum absolute atomic E-state index is 0.0486. The molecule has 0 bridgehead atoms. The first-order valence-corrected chi connectivity index (χ1v) is 5.13. The van der Waals surface area contributed by atoms with Crippen LogP contribution in [0.4, 0.5) is 5.13 Å². The van der Waals surface area contributed by atoms with Gasteiger partial charge in [-0.05, 0) is 6.92 Å². The van der Waals surface area contributed by atoms with E-state index >= 15 is 0 Å². The molecule has 0 saturated heterocycles. The largest absolute Gasteiger partial charge is 0.480 e. The van der Waals surface area contributed by atoms with Crippen LogP contribution in [0.1, 0.15) is 6.92 Å². The summed E-state index contributed by atoms with van der Waals surface area (Å²) in [7, 11) is 0. The Morgan fingerprint density at radius 3 is 2.93 bits per heavy atom. The van der Waals surface area contributed by atoms with Gasteiger partial charge in [0.15, 0.2) is 5.13 Å². The van der Waals surface area contributed by atoms with Crippen LogP contribution < -0.4 is 10.6 Å². The number of carbonyl (C=O) groups is 2. The van der Waals surface area contributed by atoms with Crippen molar-refractivity contribution in [2.75, 3.05) is 11.9 Å². The number of hydrogen-bond donors (Lipinski definition) is 3. The van der Waals surface area contributed by atoms with Crippen molar-refractivity contribution in [3.05, 3.63) is 11.6 Å². The van der Waals surface area contributed by atoms with E-state index in [1.165, 1.54) is 18.3 Å². The predicted octanol–water partition coefficient (Wildman–Crippen LogP) is 0.144. The molecule has 1 aromatic rings. The number of thiazole rings is 1. The van der Waals surface area contributed by atoms with E-state index in [2.05, 4.69) is 15.6 Å². The SMILES string of the molecule is CC(NCC(=O)Nc1nccs1)C(=O)O. The summed E-state index contributed by atoms with van der Waals surface area (Å²) < 4.78 is 0. The molecule has 1 aromatic heterocycles. The highest BCUT2D eigenvalue weighted by molar-refractivity contribution is 7.13. The number of aliphatic carboxylic acids is 1. The number of carbonyl (C=O) groups excluding carboxylic acids is 1. The molecule has 15 heavy (non-hydrogen) atoms. The summed E-state index contributed by atoms with van der Waals surface area (Å²) in [5, 5.41) is 15.9. The zero-order chi connectivity index (χ0) is 11.3. The number of rotatable bonds is 5. The Labute approximate surface area is 90.3 Å². The van der Waals surface area contributed by atoms with E-state index < -0.39 is 12.0 Å². The van der Waals surface area contributed by atoms with E-state index in [4.69, 9.17) is 5.11 Å². The van der Waals surface area contributed by atoms with Crippen molar-refractivity contribution in [2.24, 2.45) is 0 Å². The van der Waals surface area contributed by atoms with Crippen LogP contribution in [0.25, 0.3) is 0 Å². The third-order valence-electron chi connectivity index (χ3n) is 1.62. The lowest BCUT2D eigenvalue weighted by molar-refractivity contribution is -0.139. The minimum Gasteiger partial charge on any atom is -0.480 e. The maximum absolute atomic E-state index is 11.2. The van der Waals surface area contributed by atoms with Gasteiger partial charge in [0.1, 0.15) is 6.04 Å². The van der Waals surface area contributed by atoms with E-state index in [0.29, 0.717) is 5.13 Å². The second-order valence-electron chi connectivity index (χ2n) is 2.83. The molecule has 7 heteroatoms. The van der Waals surface area contributed by atoms with Crippen LogP contribution in [0.2, 0.25) is 0 Å². The number of carboxylic acids is 1. The van der Waals surface area contributed by atoms with Gasteiger partial charge in [-0.1, -0.05) is 0 Å². The van der Waals surface area contributed by atoms with E-state index in [1.807, 2.05) is 0 Å². The third-order valence-corrected chi connectivity index (χ3v) is 2.31. The zero-order valence-corrected chi connectivity index (χ0v) is 8.87. The van der Waals surface area contributed by atoms with Gasteiger partial charge in [0, 0.05) is 11.6 Å². The van der Waals surface area contributed by atoms with Gasteiger partial charge in [0.2, 0.25) is 5.91 Å². The van der Waals surface area contributed by atoms with E-state index in [1.54, 1.807) is 11.6 Å². The second-order valence-corrected chi connectivity index (χ2v) is 3.72. The first-order chi connectivity index (χ1) is 7.09. The molecule has 0 aliphatic carbocycles. The number of hydrogen-bond acceptors (Lipinski definition) is 5. The molecule has 0 aliphatic rings. The molecule has 1 heterocycles. The standard InChI is InChI=1S/C8H11N3O3S/c1-5(7(13)14)10-4-6(12)11-8-9-2-3-15-8/h2-3,5,10H,4H2,1H3,(H,13,14)(H,9,11,12). The van der Waals surface area contributed by atoms with Crippen molar-refractivity contribution in [2.45, 2.75) is 13.0 Å². The molecule has 1 amide bonds. The van der Waals surface area contributed by atoms with Crippen molar-refractivity contribution in [3.63, 3.8) is 0 Å². The summed E-state index contributed by atoms with van der Waals surface area (Å²) in [4.78, 5) is 25.5. The second kappa shape index (κ2) is 5.42. The highest BCUT2D eigenvalue weighted by atomic mass is 32.1. The zero-order valence-electron chi connectivity index (χ0n) is 8.06. The fourth-order valence-corrected chi connectivity index (χ4v) is 1.33. The predicted molar refractivity (Wildman–Crippen MR) is 55.8 cm³/mol. The molecule has 1 unspecified atom stereocenters. The van der Waals surface area contributed by atoms with Gasteiger partial charge < -0.3 is 10.4 Å². The number of aromatic nitrogens is 1. The van der Waals surface area contributed by atoms with Gasteiger partial charge in [-0.2, -0.15) is 0 Å². The maximum Gasteiger partial charge on any atom is 0.320 e. The summed E-state index contributed by atoms with van der Waals surface area (Å²) in [6.07, 6.45) is 1.58. The van der Waals surface area contributed by atoms with Crippen LogP contribution in [0.15, 0.2) is 11.6 Å². The van der Waals surface area contributed by atoms with Crippen LogP contribution in [-0.2, 0) is 9.59 Å². The molecule has 6 nitrogen and oxygen atoms in total. The number of nitrogens with one attached hydrogen (secondary N) is 2. The lowest BCUT2D eigenvalue weighted by atomic mass is 10.3. The monoisotopic (exact) mass is 229 g/mol. The van der Waals surface area contributed by atoms with Crippen molar-refractivity contribution < 1.29 is 14.7 Å². The fraction of sp³-hybridized carbons (Fsp3) is 0.375. The molecule has 0 fully saturated rings. The molecule has 0 radical (unpaired) electrons. The van der Waals surface area contributed by atoms with Gasteiger partial charge in [0.05, 0.1) is 6.54 Å². The van der Waals surface area contributed by atoms with E-state index in [9.17, 15) is 9.59 Å². The smallest absolute Gasteiger partial charge is 0.320 e. The lowest BCUT2D eigenvalue weighted by Crippen LogP contribution is -2.39. The molecule has 3 N–H and O–H groups in total. The lowest BCUT2D eigenvalue weighted by Gasteiger charge is -2.07. The summed E-state index contributed by atoms with van der Waals surface area (Å²) in [6, 6.07) is -0.743. The van der Waals surface area contributed by atoms with Gasteiger partial charge in [-0.25, -0.2) is 4.98 Å². The Kier molecular flexibility index (Phi) is 4.19. The summed E-state index contributed by atoms with van der Waals surface area (Å²) in [5.74, 6) is -1.30. The number of amides is 1. The van der Waals surface area contributed by atoms with Crippen LogP contribution in [0.3, 0.4) is 0 Å². The molecule has 1 rings (SSSR count). The summed E-state index contributed by atoms with van der Waals surface area (Å²) in [5.41, 5.74) is 0. The number of anilines is 1. The first kappa shape index (κ1) is 11.6. The van der Waals surface area contributed by atoms with Gasteiger partial charge in [-0.3, -0.25) is 14.9 Å². The Bertz CT molecular complexity index is 339. The summed E-state index contributed by atoms with van der Waals surface area (Å²) in [6.45, 7) is 1.42. The van der Waals surface area contributed by atoms with Gasteiger partial charge in [0.25, 0.3) is 0 Å². The molecule has 0 aliphatic heterocycles. The number of carboxylic acid groups (broad SMARTS) is 1. The average Bonchev–Trinajstić information content (AvgIpc) is 2.66. The first-order valence-electron chi connectivity index (χ1n) is 4.25. The Hall–Kier alpha value is -1.47. The molecule has 82 valence electrons. The Morgan fingerprint density at radius 2 is 2.40 bits per heavy atom. The van der Waals surface area contributed by atoms with Gasteiger partial charge in [-0.15, -0.1) is 11.3 Å². The fourth-order valence-electron chi connectivity index (χ4n) is 0.782. The molecular formula is C8H11N3O3S. The van der Waals surface area contributed by atoms with Crippen molar-refractivity contribution >= 4 is 28.3 Å². The normalized spacial score (nSPS) is 12.1. The topological polar surface area (TPSA) is 91.3 Å².